The lowest BCUT2D eigenvalue weighted by Crippen LogP contribution is -2.46. The van der Waals surface area contributed by atoms with Crippen LogP contribution in [0.15, 0.2) is 0 Å². The molecule has 116 valence electrons. The van der Waals surface area contributed by atoms with Crippen LogP contribution in [0.4, 0.5) is 4.79 Å². The summed E-state index contributed by atoms with van der Waals surface area (Å²) >= 11 is 0. The van der Waals surface area contributed by atoms with E-state index in [9.17, 15) is 9.59 Å². The van der Waals surface area contributed by atoms with E-state index in [2.05, 4.69) is 12.2 Å². The van der Waals surface area contributed by atoms with E-state index in [4.69, 9.17) is 5.11 Å². The van der Waals surface area contributed by atoms with E-state index in [1.807, 2.05) is 13.8 Å². The van der Waals surface area contributed by atoms with Crippen molar-refractivity contribution in [3.05, 3.63) is 0 Å². The van der Waals surface area contributed by atoms with Gasteiger partial charge in [-0.2, -0.15) is 0 Å². The van der Waals surface area contributed by atoms with Gasteiger partial charge in [0.2, 0.25) is 0 Å². The number of amides is 2. The summed E-state index contributed by atoms with van der Waals surface area (Å²) in [5.41, 5.74) is 0.341. The highest BCUT2D eigenvalue weighted by molar-refractivity contribution is 5.74. The Morgan fingerprint density at radius 3 is 2.45 bits per heavy atom. The van der Waals surface area contributed by atoms with Crippen molar-refractivity contribution >= 4 is 12.0 Å². The second kappa shape index (κ2) is 7.50. The summed E-state index contributed by atoms with van der Waals surface area (Å²) in [4.78, 5) is 24.5. The Balaban J connectivity index is 2.38. The van der Waals surface area contributed by atoms with Gasteiger partial charge in [0.05, 0.1) is 0 Å². The summed E-state index contributed by atoms with van der Waals surface area (Å²) in [7, 11) is 0. The molecule has 2 N–H and O–H groups in total. The van der Waals surface area contributed by atoms with Crippen LogP contribution >= 0.6 is 0 Å². The molecule has 2 amide bonds. The molecule has 1 fully saturated rings. The first-order valence-corrected chi connectivity index (χ1v) is 7.66. The Morgan fingerprint density at radius 1 is 1.35 bits per heavy atom. The number of aliphatic carboxylic acids is 1. The van der Waals surface area contributed by atoms with Gasteiger partial charge in [0.25, 0.3) is 0 Å². The van der Waals surface area contributed by atoms with Crippen molar-refractivity contribution in [2.75, 3.05) is 13.1 Å². The topological polar surface area (TPSA) is 69.6 Å². The Kier molecular flexibility index (Phi) is 6.30. The number of carboxylic acids is 1. The fourth-order valence-corrected chi connectivity index (χ4v) is 2.58. The van der Waals surface area contributed by atoms with Gasteiger partial charge in [-0.25, -0.2) is 4.79 Å². The van der Waals surface area contributed by atoms with Crippen LogP contribution in [0.3, 0.4) is 0 Å². The Labute approximate surface area is 121 Å². The van der Waals surface area contributed by atoms with Crippen molar-refractivity contribution in [2.45, 2.75) is 65.3 Å². The van der Waals surface area contributed by atoms with Gasteiger partial charge in [0, 0.05) is 25.6 Å². The van der Waals surface area contributed by atoms with Gasteiger partial charge in [-0.3, -0.25) is 4.79 Å². The van der Waals surface area contributed by atoms with Crippen molar-refractivity contribution in [3.8, 4) is 0 Å². The molecule has 0 unspecified atom stereocenters. The molecule has 5 nitrogen and oxygen atoms in total. The lowest BCUT2D eigenvalue weighted by atomic mass is 10.0. The van der Waals surface area contributed by atoms with Crippen LogP contribution in [0.1, 0.15) is 59.3 Å². The van der Waals surface area contributed by atoms with Crippen molar-refractivity contribution in [3.63, 3.8) is 0 Å². The van der Waals surface area contributed by atoms with Crippen LogP contribution in [0, 0.1) is 5.41 Å². The maximum Gasteiger partial charge on any atom is 0.317 e. The average Bonchev–Trinajstić information content (AvgIpc) is 3.12. The van der Waals surface area contributed by atoms with Crippen molar-refractivity contribution < 1.29 is 14.7 Å². The first-order valence-electron chi connectivity index (χ1n) is 7.66. The third kappa shape index (κ3) is 5.39. The minimum atomic E-state index is -0.811. The SMILES string of the molecule is CCCC1(CNC(=O)N(CCCC(=O)O)C(C)C)CC1. The molecule has 0 aromatic rings. The molecule has 0 bridgehead atoms. The fraction of sp³-hybridized carbons (Fsp3) is 0.867. The summed E-state index contributed by atoms with van der Waals surface area (Å²) in [5, 5.41) is 11.7. The smallest absolute Gasteiger partial charge is 0.317 e. The number of carbonyl (C=O) groups is 2. The maximum atomic E-state index is 12.2. The van der Waals surface area contributed by atoms with Crippen molar-refractivity contribution in [1.82, 2.24) is 10.2 Å². The van der Waals surface area contributed by atoms with E-state index in [0.717, 1.165) is 13.0 Å². The predicted molar refractivity (Wildman–Crippen MR) is 78.7 cm³/mol. The Bertz CT molecular complexity index is 338. The summed E-state index contributed by atoms with van der Waals surface area (Å²) in [6.45, 7) is 7.34. The van der Waals surface area contributed by atoms with Gasteiger partial charge in [-0.05, 0) is 44.9 Å². The molecule has 0 saturated heterocycles. The third-order valence-corrected chi connectivity index (χ3v) is 4.03. The predicted octanol–water partition coefficient (Wildman–Crippen LogP) is 2.85. The van der Waals surface area contributed by atoms with Crippen molar-refractivity contribution in [2.24, 2.45) is 5.41 Å². The molecule has 1 aliphatic rings. The molecule has 0 radical (unpaired) electrons. The fourth-order valence-electron chi connectivity index (χ4n) is 2.58. The normalized spacial score (nSPS) is 16.0. The number of carboxylic acid groups (broad SMARTS) is 1. The molecule has 1 rings (SSSR count). The Hall–Kier alpha value is -1.26. The molecule has 1 aliphatic carbocycles. The molecule has 0 aromatic heterocycles. The molecular formula is C15H28N2O3. The standard InChI is InChI=1S/C15H28N2O3/c1-4-7-15(8-9-15)11-16-14(20)17(12(2)3)10-5-6-13(18)19/h12H,4-11H2,1-3H3,(H,16,20)(H,18,19). The zero-order valence-corrected chi connectivity index (χ0v) is 12.9. The zero-order valence-electron chi connectivity index (χ0n) is 12.9. The second-order valence-corrected chi connectivity index (χ2v) is 6.19. The quantitative estimate of drug-likeness (QED) is 0.684. The second-order valence-electron chi connectivity index (χ2n) is 6.19. The summed E-state index contributed by atoms with van der Waals surface area (Å²) in [5.74, 6) is -0.811. The van der Waals surface area contributed by atoms with Crippen molar-refractivity contribution in [1.29, 1.82) is 0 Å². The number of urea groups is 1. The van der Waals surface area contributed by atoms with Crippen LogP contribution in [-0.2, 0) is 4.79 Å². The maximum absolute atomic E-state index is 12.2. The molecule has 20 heavy (non-hydrogen) atoms. The lowest BCUT2D eigenvalue weighted by Gasteiger charge is -2.28. The molecular weight excluding hydrogens is 256 g/mol. The first kappa shape index (κ1) is 16.8. The first-order chi connectivity index (χ1) is 9.40. The number of nitrogens with zero attached hydrogens (tertiary/aromatic N) is 1. The van der Waals surface area contributed by atoms with Gasteiger partial charge in [0.15, 0.2) is 0 Å². The molecule has 5 heteroatoms. The van der Waals surface area contributed by atoms with Crippen LogP contribution in [0.25, 0.3) is 0 Å². The molecule has 0 heterocycles. The number of rotatable bonds is 9. The van der Waals surface area contributed by atoms with Gasteiger partial charge >= 0.3 is 12.0 Å². The zero-order chi connectivity index (χ0) is 15.2. The van der Waals surface area contributed by atoms with Gasteiger partial charge in [-0.1, -0.05) is 13.3 Å². The van der Waals surface area contributed by atoms with E-state index in [1.165, 1.54) is 19.3 Å². The minimum Gasteiger partial charge on any atom is -0.481 e. The number of nitrogens with one attached hydrogen (secondary N) is 1. The monoisotopic (exact) mass is 284 g/mol. The van der Waals surface area contributed by atoms with Gasteiger partial charge < -0.3 is 15.3 Å². The van der Waals surface area contributed by atoms with Gasteiger partial charge in [-0.15, -0.1) is 0 Å². The number of hydrogen-bond donors (Lipinski definition) is 2. The van der Waals surface area contributed by atoms with E-state index in [-0.39, 0.29) is 18.5 Å². The van der Waals surface area contributed by atoms with E-state index in [0.29, 0.717) is 18.4 Å². The van der Waals surface area contributed by atoms with Crippen LogP contribution in [0.5, 0.6) is 0 Å². The van der Waals surface area contributed by atoms with E-state index < -0.39 is 5.97 Å². The van der Waals surface area contributed by atoms with Crippen LogP contribution in [-0.4, -0.2) is 41.1 Å². The minimum absolute atomic E-state index is 0.0623. The van der Waals surface area contributed by atoms with Gasteiger partial charge in [0.1, 0.15) is 0 Å². The summed E-state index contributed by atoms with van der Waals surface area (Å²) < 4.78 is 0. The highest BCUT2D eigenvalue weighted by Crippen LogP contribution is 2.48. The Morgan fingerprint density at radius 2 is 2.00 bits per heavy atom. The summed E-state index contributed by atoms with van der Waals surface area (Å²) in [6, 6.07) is 0.0258. The molecule has 0 spiro atoms. The highest BCUT2D eigenvalue weighted by Gasteiger charge is 2.41. The van der Waals surface area contributed by atoms with E-state index >= 15 is 0 Å². The molecule has 0 atom stereocenters. The lowest BCUT2D eigenvalue weighted by molar-refractivity contribution is -0.137. The number of carbonyl (C=O) groups excluding carboxylic acids is 1. The largest absolute Gasteiger partial charge is 0.481 e. The van der Waals surface area contributed by atoms with E-state index in [1.54, 1.807) is 4.90 Å². The summed E-state index contributed by atoms with van der Waals surface area (Å²) in [6.07, 6.45) is 5.36. The van der Waals surface area contributed by atoms with Crippen LogP contribution in [0.2, 0.25) is 0 Å². The molecule has 0 aromatic carbocycles. The number of hydrogen-bond acceptors (Lipinski definition) is 2. The average molecular weight is 284 g/mol. The highest BCUT2D eigenvalue weighted by atomic mass is 16.4. The third-order valence-electron chi connectivity index (χ3n) is 4.03. The van der Waals surface area contributed by atoms with Crippen LogP contribution < -0.4 is 5.32 Å². The molecule has 0 aliphatic heterocycles. The molecule has 1 saturated carbocycles.